The minimum atomic E-state index is -1.11. The number of carboxylic acid groups (broad SMARTS) is 1. The summed E-state index contributed by atoms with van der Waals surface area (Å²) in [5.74, 6) is -1.28. The molecule has 0 saturated carbocycles. The maximum atomic E-state index is 12.2. The van der Waals surface area contributed by atoms with Crippen LogP contribution in [0.1, 0.15) is 30.6 Å². The number of nitrogens with zero attached hydrogens (tertiary/aromatic N) is 2. The molecule has 0 bridgehead atoms. The van der Waals surface area contributed by atoms with E-state index < -0.39 is 23.5 Å². The van der Waals surface area contributed by atoms with Gasteiger partial charge in [-0.2, -0.15) is 0 Å². The highest BCUT2D eigenvalue weighted by atomic mass is 32.2. The van der Waals surface area contributed by atoms with Crippen molar-refractivity contribution in [3.63, 3.8) is 0 Å². The predicted octanol–water partition coefficient (Wildman–Crippen LogP) is 0.578. The van der Waals surface area contributed by atoms with E-state index >= 15 is 0 Å². The number of nitrogens with one attached hydrogen (secondary N) is 1. The first-order valence-corrected chi connectivity index (χ1v) is 7.70. The van der Waals surface area contributed by atoms with E-state index in [1.54, 1.807) is 6.92 Å². The van der Waals surface area contributed by atoms with Crippen LogP contribution in [-0.4, -0.2) is 38.3 Å². The fourth-order valence-electron chi connectivity index (χ4n) is 2.08. The molecule has 1 amide bonds. The van der Waals surface area contributed by atoms with Gasteiger partial charge < -0.3 is 10.4 Å². The number of rotatable bonds is 5. The lowest BCUT2D eigenvalue weighted by Gasteiger charge is -2.20. The highest BCUT2D eigenvalue weighted by Gasteiger charge is 2.28. The van der Waals surface area contributed by atoms with Gasteiger partial charge in [0, 0.05) is 18.5 Å². The van der Waals surface area contributed by atoms with Crippen molar-refractivity contribution >= 4 is 23.6 Å². The van der Waals surface area contributed by atoms with Gasteiger partial charge in [-0.15, -0.1) is 0 Å². The Morgan fingerprint density at radius 3 is 2.90 bits per heavy atom. The van der Waals surface area contributed by atoms with Gasteiger partial charge in [0.1, 0.15) is 11.6 Å². The normalized spacial score (nSPS) is 16.1. The van der Waals surface area contributed by atoms with Crippen molar-refractivity contribution in [1.29, 1.82) is 0 Å². The number of carbonyl (C=O) groups is 2. The lowest BCUT2D eigenvalue weighted by Crippen LogP contribution is -2.46. The topological polar surface area (TPSA) is 101 Å². The summed E-state index contributed by atoms with van der Waals surface area (Å²) in [5.41, 5.74) is -0.536. The third kappa shape index (κ3) is 3.10. The summed E-state index contributed by atoms with van der Waals surface area (Å²) in [6.45, 7) is 4.10. The number of carboxylic acids is 1. The van der Waals surface area contributed by atoms with E-state index in [1.807, 2.05) is 6.92 Å². The number of hydrogen-bond acceptors (Lipinski definition) is 5. The van der Waals surface area contributed by atoms with Crippen molar-refractivity contribution in [3.05, 3.63) is 22.1 Å². The summed E-state index contributed by atoms with van der Waals surface area (Å²) in [7, 11) is 0. The molecule has 114 valence electrons. The lowest BCUT2D eigenvalue weighted by molar-refractivity contribution is -0.140. The van der Waals surface area contributed by atoms with Crippen molar-refractivity contribution in [1.82, 2.24) is 14.9 Å². The van der Waals surface area contributed by atoms with Crippen LogP contribution >= 0.6 is 11.8 Å². The van der Waals surface area contributed by atoms with Crippen LogP contribution in [-0.2, 0) is 11.3 Å². The molecule has 2 atom stereocenters. The van der Waals surface area contributed by atoms with Gasteiger partial charge in [0.2, 0.25) is 0 Å². The molecule has 8 heteroatoms. The van der Waals surface area contributed by atoms with Crippen LogP contribution in [0.3, 0.4) is 0 Å². The second-order valence-electron chi connectivity index (χ2n) is 4.93. The molecule has 2 rings (SSSR count). The second-order valence-corrected chi connectivity index (χ2v) is 6.00. The summed E-state index contributed by atoms with van der Waals surface area (Å²) >= 11 is 1.46. The third-order valence-corrected chi connectivity index (χ3v) is 4.54. The Balaban J connectivity index is 2.25. The van der Waals surface area contributed by atoms with Gasteiger partial charge in [-0.3, -0.25) is 14.2 Å². The first-order chi connectivity index (χ1) is 9.95. The number of hydrogen-bond donors (Lipinski definition) is 2. The van der Waals surface area contributed by atoms with Gasteiger partial charge in [0.25, 0.3) is 11.5 Å². The van der Waals surface area contributed by atoms with Crippen molar-refractivity contribution in [2.45, 2.75) is 38.0 Å². The van der Waals surface area contributed by atoms with Gasteiger partial charge in [-0.1, -0.05) is 32.0 Å². The van der Waals surface area contributed by atoms with E-state index in [2.05, 4.69) is 10.3 Å². The standard InChI is InChI=1S/C13H17N3O4S/c1-3-7(2)9(12(19)20)15-10(17)8-6-14-13-16(11(8)18)4-5-21-13/h6-7,9H,3-5H2,1-2H3,(H,15,17)(H,19,20). The number of carbonyl (C=O) groups excluding carboxylic acids is 1. The van der Waals surface area contributed by atoms with E-state index in [9.17, 15) is 19.5 Å². The molecule has 21 heavy (non-hydrogen) atoms. The summed E-state index contributed by atoms with van der Waals surface area (Å²) in [5, 5.41) is 12.2. The fourth-order valence-corrected chi connectivity index (χ4v) is 2.99. The molecule has 1 aromatic heterocycles. The van der Waals surface area contributed by atoms with Gasteiger partial charge in [-0.05, 0) is 5.92 Å². The van der Waals surface area contributed by atoms with Crippen LogP contribution in [0.25, 0.3) is 0 Å². The average Bonchev–Trinajstić information content (AvgIpc) is 2.93. The van der Waals surface area contributed by atoms with Crippen LogP contribution in [0, 0.1) is 5.92 Å². The third-order valence-electron chi connectivity index (χ3n) is 3.57. The summed E-state index contributed by atoms with van der Waals surface area (Å²) < 4.78 is 1.44. The predicted molar refractivity (Wildman–Crippen MR) is 77.6 cm³/mol. The summed E-state index contributed by atoms with van der Waals surface area (Å²) in [4.78, 5) is 39.7. The molecule has 2 N–H and O–H groups in total. The first-order valence-electron chi connectivity index (χ1n) is 6.72. The molecule has 0 radical (unpaired) electrons. The van der Waals surface area contributed by atoms with Crippen LogP contribution in [0.4, 0.5) is 0 Å². The van der Waals surface area contributed by atoms with Crippen molar-refractivity contribution in [2.75, 3.05) is 5.75 Å². The quantitative estimate of drug-likeness (QED) is 0.771. The van der Waals surface area contributed by atoms with E-state index in [-0.39, 0.29) is 11.5 Å². The lowest BCUT2D eigenvalue weighted by atomic mass is 9.99. The Morgan fingerprint density at radius 1 is 1.57 bits per heavy atom. The minimum Gasteiger partial charge on any atom is -0.480 e. The van der Waals surface area contributed by atoms with E-state index in [1.165, 1.54) is 22.5 Å². The Labute approximate surface area is 125 Å². The molecule has 0 spiro atoms. The Morgan fingerprint density at radius 2 is 2.29 bits per heavy atom. The zero-order chi connectivity index (χ0) is 15.6. The van der Waals surface area contributed by atoms with E-state index in [0.717, 1.165) is 5.75 Å². The van der Waals surface area contributed by atoms with Crippen LogP contribution in [0.15, 0.2) is 16.1 Å². The molecular formula is C13H17N3O4S. The number of aromatic nitrogens is 2. The molecule has 0 saturated heterocycles. The Bertz CT molecular complexity index is 628. The molecule has 1 aliphatic rings. The summed E-state index contributed by atoms with van der Waals surface area (Å²) in [6.07, 6.45) is 1.83. The monoisotopic (exact) mass is 311 g/mol. The van der Waals surface area contributed by atoms with Crippen molar-refractivity contribution < 1.29 is 14.7 Å². The molecule has 7 nitrogen and oxygen atoms in total. The van der Waals surface area contributed by atoms with Crippen LogP contribution in [0.5, 0.6) is 0 Å². The van der Waals surface area contributed by atoms with Gasteiger partial charge >= 0.3 is 5.97 Å². The zero-order valence-corrected chi connectivity index (χ0v) is 12.6. The second kappa shape index (κ2) is 6.30. The number of fused-ring (bicyclic) bond motifs is 1. The SMILES string of the molecule is CCC(C)C(NC(=O)c1cnc2n(c1=O)CCS2)C(=O)O. The Kier molecular flexibility index (Phi) is 4.66. The van der Waals surface area contributed by atoms with Gasteiger partial charge in [0.05, 0.1) is 0 Å². The molecule has 0 aromatic carbocycles. The number of amides is 1. The molecule has 1 aromatic rings. The van der Waals surface area contributed by atoms with Crippen molar-refractivity contribution in [3.8, 4) is 0 Å². The van der Waals surface area contributed by atoms with Crippen LogP contribution < -0.4 is 10.9 Å². The molecular weight excluding hydrogens is 294 g/mol. The summed E-state index contributed by atoms with van der Waals surface area (Å²) in [6, 6.07) is -1.02. The van der Waals surface area contributed by atoms with Crippen LogP contribution in [0.2, 0.25) is 0 Å². The maximum Gasteiger partial charge on any atom is 0.326 e. The highest BCUT2D eigenvalue weighted by molar-refractivity contribution is 7.99. The molecule has 1 aliphatic heterocycles. The van der Waals surface area contributed by atoms with Crippen molar-refractivity contribution in [2.24, 2.45) is 5.92 Å². The molecule has 0 fully saturated rings. The minimum absolute atomic E-state index is 0.115. The number of thioether (sulfide) groups is 1. The molecule has 2 unspecified atom stereocenters. The Hall–Kier alpha value is -1.83. The fraction of sp³-hybridized carbons (Fsp3) is 0.538. The smallest absolute Gasteiger partial charge is 0.326 e. The molecule has 0 aliphatic carbocycles. The largest absolute Gasteiger partial charge is 0.480 e. The van der Waals surface area contributed by atoms with E-state index in [4.69, 9.17) is 0 Å². The number of aliphatic carboxylic acids is 1. The van der Waals surface area contributed by atoms with E-state index in [0.29, 0.717) is 18.1 Å². The maximum absolute atomic E-state index is 12.2. The van der Waals surface area contributed by atoms with Gasteiger partial charge in [-0.25, -0.2) is 9.78 Å². The van der Waals surface area contributed by atoms with Gasteiger partial charge in [0.15, 0.2) is 5.16 Å². The average molecular weight is 311 g/mol. The zero-order valence-electron chi connectivity index (χ0n) is 11.8. The first kappa shape index (κ1) is 15.6. The molecule has 2 heterocycles. The highest BCUT2D eigenvalue weighted by Crippen LogP contribution is 2.20.